The predicted octanol–water partition coefficient (Wildman–Crippen LogP) is 5.62. The summed E-state index contributed by atoms with van der Waals surface area (Å²) in [7, 11) is 0. The number of hydrogen-bond donors (Lipinski definition) is 1. The molecule has 150 valence electrons. The van der Waals surface area contributed by atoms with Gasteiger partial charge < -0.3 is 10.2 Å². The summed E-state index contributed by atoms with van der Waals surface area (Å²) in [5.41, 5.74) is 7.21. The number of rotatable bonds is 4. The van der Waals surface area contributed by atoms with Gasteiger partial charge in [0.15, 0.2) is 0 Å². The number of aryl methyl sites for hydroxylation is 2. The molecule has 4 fully saturated rings. The van der Waals surface area contributed by atoms with Crippen LogP contribution < -0.4 is 10.2 Å². The lowest BCUT2D eigenvalue weighted by molar-refractivity contribution is -0.139. The van der Waals surface area contributed by atoms with Crippen molar-refractivity contribution >= 4 is 17.3 Å². The fraction of sp³-hybridized carbons (Fsp3) is 0.480. The number of carbonyl (C=O) groups excluding carboxylic acids is 1. The van der Waals surface area contributed by atoms with Crippen molar-refractivity contribution in [2.24, 2.45) is 11.3 Å². The average molecular weight is 391 g/mol. The van der Waals surface area contributed by atoms with Crippen molar-refractivity contribution < 1.29 is 9.18 Å². The largest absolute Gasteiger partial charge is 0.364 e. The highest BCUT2D eigenvalue weighted by Gasteiger charge is 2.57. The molecular weight excluding hydrogens is 363 g/mol. The summed E-state index contributed by atoms with van der Waals surface area (Å²) in [5, 5.41) is 3.20. The molecule has 2 atom stereocenters. The van der Waals surface area contributed by atoms with Crippen molar-refractivity contribution in [3.63, 3.8) is 0 Å². The van der Waals surface area contributed by atoms with Crippen LogP contribution in [0.5, 0.6) is 0 Å². The summed E-state index contributed by atoms with van der Waals surface area (Å²) >= 11 is 0. The summed E-state index contributed by atoms with van der Waals surface area (Å²) < 4.78 is 13.6. The van der Waals surface area contributed by atoms with Crippen LogP contribution in [0.3, 0.4) is 0 Å². The van der Waals surface area contributed by atoms with E-state index in [1.807, 2.05) is 6.07 Å². The Morgan fingerprint density at radius 3 is 2.52 bits per heavy atom. The van der Waals surface area contributed by atoms with Crippen molar-refractivity contribution in [3.8, 4) is 0 Å². The molecule has 2 unspecified atom stereocenters. The molecule has 7 rings (SSSR count). The summed E-state index contributed by atoms with van der Waals surface area (Å²) in [5.74, 6) is 1.36. The van der Waals surface area contributed by atoms with Crippen LogP contribution in [-0.4, -0.2) is 12.5 Å². The molecule has 3 saturated carbocycles. The van der Waals surface area contributed by atoms with Gasteiger partial charge in [0.1, 0.15) is 5.82 Å². The molecule has 1 aliphatic heterocycles. The van der Waals surface area contributed by atoms with Crippen molar-refractivity contribution in [2.45, 2.75) is 57.9 Å². The first kappa shape index (κ1) is 17.5. The van der Waals surface area contributed by atoms with E-state index < -0.39 is 0 Å². The second-order valence-corrected chi connectivity index (χ2v) is 10.0. The van der Waals surface area contributed by atoms with Gasteiger partial charge in [0.05, 0.1) is 6.04 Å². The number of fused-ring (bicyclic) bond motifs is 5. The van der Waals surface area contributed by atoms with E-state index in [4.69, 9.17) is 0 Å². The Kier molecular flexibility index (Phi) is 3.52. The van der Waals surface area contributed by atoms with Crippen molar-refractivity contribution in [1.82, 2.24) is 0 Å². The molecule has 1 amide bonds. The van der Waals surface area contributed by atoms with Crippen LogP contribution in [0.15, 0.2) is 30.3 Å². The molecule has 0 radical (unpaired) electrons. The van der Waals surface area contributed by atoms with Gasteiger partial charge >= 0.3 is 0 Å². The van der Waals surface area contributed by atoms with Gasteiger partial charge in [0.2, 0.25) is 5.91 Å². The first-order chi connectivity index (χ1) is 13.9. The molecule has 29 heavy (non-hydrogen) atoms. The zero-order valence-electron chi connectivity index (χ0n) is 17.1. The van der Waals surface area contributed by atoms with Gasteiger partial charge in [-0.1, -0.05) is 6.07 Å². The fourth-order valence-corrected chi connectivity index (χ4v) is 6.55. The van der Waals surface area contributed by atoms with E-state index in [9.17, 15) is 9.18 Å². The SMILES string of the molecule is Cc1cc(N2CC3CC2c2ccc(F)cc23)cc(C)c1NC(=O)CC12CC(C1)C2. The maximum Gasteiger partial charge on any atom is 0.224 e. The Morgan fingerprint density at radius 2 is 1.86 bits per heavy atom. The molecule has 1 heterocycles. The van der Waals surface area contributed by atoms with Crippen LogP contribution >= 0.6 is 0 Å². The summed E-state index contributed by atoms with van der Waals surface area (Å²) in [6.07, 6.45) is 5.49. The van der Waals surface area contributed by atoms with Gasteiger partial charge in [-0.15, -0.1) is 0 Å². The number of nitrogens with zero attached hydrogens (tertiary/aromatic N) is 1. The molecule has 4 aliphatic carbocycles. The number of anilines is 2. The van der Waals surface area contributed by atoms with E-state index in [2.05, 4.69) is 36.2 Å². The van der Waals surface area contributed by atoms with Crippen molar-refractivity contribution in [3.05, 3.63) is 58.4 Å². The molecule has 2 aromatic carbocycles. The lowest BCUT2D eigenvalue weighted by Crippen LogP contribution is -2.53. The van der Waals surface area contributed by atoms with Gasteiger partial charge in [-0.25, -0.2) is 4.39 Å². The molecule has 3 nitrogen and oxygen atoms in total. The van der Waals surface area contributed by atoms with Crippen LogP contribution in [0.4, 0.5) is 15.8 Å². The van der Waals surface area contributed by atoms with Gasteiger partial charge in [0, 0.05) is 30.3 Å². The second kappa shape index (κ2) is 5.84. The fourth-order valence-electron chi connectivity index (χ4n) is 6.55. The zero-order chi connectivity index (χ0) is 19.9. The standard InChI is InChI=1S/C25H27FN2O/c1-14-5-19(28-13-17-7-22(28)20-4-3-18(26)8-21(17)20)6-15(2)24(14)27-23(29)12-25-9-16(10-25)11-25/h3-6,8,16-17,22H,7,9-13H2,1-2H3,(H,27,29). The quantitative estimate of drug-likeness (QED) is 0.735. The predicted molar refractivity (Wildman–Crippen MR) is 113 cm³/mol. The first-order valence-electron chi connectivity index (χ1n) is 10.9. The Hall–Kier alpha value is -2.36. The Balaban J connectivity index is 1.23. The van der Waals surface area contributed by atoms with E-state index in [1.165, 1.54) is 36.1 Å². The average Bonchev–Trinajstić information content (AvgIpc) is 3.19. The minimum Gasteiger partial charge on any atom is -0.364 e. The van der Waals surface area contributed by atoms with Crippen LogP contribution in [0, 0.1) is 31.0 Å². The van der Waals surface area contributed by atoms with E-state index >= 15 is 0 Å². The highest BCUT2D eigenvalue weighted by Crippen LogP contribution is 2.66. The molecule has 0 aromatic heterocycles. The van der Waals surface area contributed by atoms with Crippen molar-refractivity contribution in [1.29, 1.82) is 0 Å². The van der Waals surface area contributed by atoms with Crippen LogP contribution in [0.25, 0.3) is 0 Å². The molecular formula is C25H27FN2O. The monoisotopic (exact) mass is 390 g/mol. The Labute approximate surface area is 171 Å². The molecule has 4 bridgehead atoms. The number of benzene rings is 2. The van der Waals surface area contributed by atoms with Crippen LogP contribution in [0.2, 0.25) is 0 Å². The third-order valence-corrected chi connectivity index (χ3v) is 7.96. The lowest BCUT2D eigenvalue weighted by atomic mass is 9.43. The molecule has 5 aliphatic rings. The minimum absolute atomic E-state index is 0.131. The minimum atomic E-state index is -0.131. The second-order valence-electron chi connectivity index (χ2n) is 10.0. The normalized spacial score (nSPS) is 30.6. The molecule has 4 heteroatoms. The third-order valence-electron chi connectivity index (χ3n) is 7.96. The number of halogens is 1. The topological polar surface area (TPSA) is 32.3 Å². The highest BCUT2D eigenvalue weighted by atomic mass is 19.1. The first-order valence-corrected chi connectivity index (χ1v) is 10.9. The van der Waals surface area contributed by atoms with Crippen LogP contribution in [-0.2, 0) is 4.79 Å². The third kappa shape index (κ3) is 2.57. The van der Waals surface area contributed by atoms with Crippen molar-refractivity contribution in [2.75, 3.05) is 16.8 Å². The number of nitrogens with one attached hydrogen (secondary N) is 1. The number of carbonyl (C=O) groups is 1. The summed E-state index contributed by atoms with van der Waals surface area (Å²) in [4.78, 5) is 15.1. The highest BCUT2D eigenvalue weighted by molar-refractivity contribution is 5.93. The molecule has 0 spiro atoms. The van der Waals surface area contributed by atoms with E-state index in [0.29, 0.717) is 23.8 Å². The van der Waals surface area contributed by atoms with E-state index in [1.54, 1.807) is 12.1 Å². The molecule has 2 aromatic rings. The summed E-state index contributed by atoms with van der Waals surface area (Å²) in [6.45, 7) is 5.12. The van der Waals surface area contributed by atoms with Gasteiger partial charge in [-0.2, -0.15) is 0 Å². The van der Waals surface area contributed by atoms with Gasteiger partial charge in [-0.3, -0.25) is 4.79 Å². The lowest BCUT2D eigenvalue weighted by Gasteiger charge is -2.61. The molecule has 1 N–H and O–H groups in total. The van der Waals surface area contributed by atoms with Gasteiger partial charge in [0.25, 0.3) is 0 Å². The van der Waals surface area contributed by atoms with Gasteiger partial charge in [-0.05, 0) is 97.4 Å². The smallest absolute Gasteiger partial charge is 0.224 e. The maximum absolute atomic E-state index is 13.6. The zero-order valence-corrected chi connectivity index (χ0v) is 17.1. The number of amides is 1. The maximum atomic E-state index is 13.6. The molecule has 1 saturated heterocycles. The Bertz CT molecular complexity index is 1010. The Morgan fingerprint density at radius 1 is 1.14 bits per heavy atom. The summed E-state index contributed by atoms with van der Waals surface area (Å²) in [6, 6.07) is 10.00. The van der Waals surface area contributed by atoms with E-state index in [-0.39, 0.29) is 11.7 Å². The van der Waals surface area contributed by atoms with E-state index in [0.717, 1.165) is 35.7 Å². The number of hydrogen-bond acceptors (Lipinski definition) is 2. The van der Waals surface area contributed by atoms with Crippen LogP contribution in [0.1, 0.15) is 66.3 Å².